The van der Waals surface area contributed by atoms with Gasteiger partial charge in [-0.25, -0.2) is 0 Å². The molecule has 0 spiro atoms. The first-order valence-corrected chi connectivity index (χ1v) is 6.51. The number of nitrogen functional groups attached to an aromatic ring is 1. The summed E-state index contributed by atoms with van der Waals surface area (Å²) in [6, 6.07) is 14.8. The molecule has 4 heteroatoms. The van der Waals surface area contributed by atoms with Crippen molar-refractivity contribution in [2.75, 3.05) is 5.73 Å². The maximum Gasteiger partial charge on any atom is 0.151 e. The maximum atomic E-state index is 8.98. The fourth-order valence-corrected chi connectivity index (χ4v) is 2.14. The lowest BCUT2D eigenvalue weighted by Crippen LogP contribution is -1.95. The molecular formula is C17H13N3O. The molecule has 3 rings (SSSR count). The summed E-state index contributed by atoms with van der Waals surface area (Å²) in [5, 5.41) is 9.83. The molecule has 0 radical (unpaired) electrons. The Hall–Kier alpha value is -3.06. The Kier molecular flexibility index (Phi) is 3.17. The van der Waals surface area contributed by atoms with Crippen molar-refractivity contribution in [1.82, 2.24) is 4.98 Å². The smallest absolute Gasteiger partial charge is 0.151 e. The zero-order chi connectivity index (χ0) is 14.8. The molecule has 0 aliphatic rings. The second kappa shape index (κ2) is 5.14. The highest BCUT2D eigenvalue weighted by molar-refractivity contribution is 5.93. The van der Waals surface area contributed by atoms with E-state index in [0.717, 1.165) is 16.5 Å². The van der Waals surface area contributed by atoms with Crippen molar-refractivity contribution >= 4 is 16.6 Å². The highest BCUT2D eigenvalue weighted by atomic mass is 16.5. The molecule has 21 heavy (non-hydrogen) atoms. The first-order chi connectivity index (χ1) is 10.2. The summed E-state index contributed by atoms with van der Waals surface area (Å²) in [6.07, 6.45) is 1.73. The SMILES string of the molecule is Cc1ccc(C#N)cc1Oc1ccc2ncccc2c1N. The van der Waals surface area contributed by atoms with Gasteiger partial charge >= 0.3 is 0 Å². The number of hydrogen-bond acceptors (Lipinski definition) is 4. The molecule has 102 valence electrons. The summed E-state index contributed by atoms with van der Waals surface area (Å²) in [7, 11) is 0. The van der Waals surface area contributed by atoms with Crippen molar-refractivity contribution in [3.63, 3.8) is 0 Å². The first kappa shape index (κ1) is 12.9. The van der Waals surface area contributed by atoms with Crippen LogP contribution in [-0.2, 0) is 0 Å². The number of aromatic nitrogens is 1. The van der Waals surface area contributed by atoms with E-state index in [4.69, 9.17) is 15.7 Å². The maximum absolute atomic E-state index is 8.98. The molecule has 0 saturated carbocycles. The summed E-state index contributed by atoms with van der Waals surface area (Å²) >= 11 is 0. The van der Waals surface area contributed by atoms with Gasteiger partial charge in [-0.2, -0.15) is 5.26 Å². The van der Waals surface area contributed by atoms with E-state index in [1.54, 1.807) is 24.4 Å². The normalized spacial score (nSPS) is 10.3. The van der Waals surface area contributed by atoms with Crippen molar-refractivity contribution in [2.45, 2.75) is 6.92 Å². The van der Waals surface area contributed by atoms with Gasteiger partial charge in [0, 0.05) is 11.6 Å². The number of pyridine rings is 1. The van der Waals surface area contributed by atoms with Crippen LogP contribution in [-0.4, -0.2) is 4.98 Å². The van der Waals surface area contributed by atoms with Gasteiger partial charge in [0.2, 0.25) is 0 Å². The topological polar surface area (TPSA) is 71.9 Å². The molecule has 1 aromatic heterocycles. The summed E-state index contributed by atoms with van der Waals surface area (Å²) in [5.74, 6) is 1.19. The first-order valence-electron chi connectivity index (χ1n) is 6.51. The van der Waals surface area contributed by atoms with Crippen LogP contribution in [0.4, 0.5) is 5.69 Å². The van der Waals surface area contributed by atoms with Gasteiger partial charge in [-0.3, -0.25) is 4.98 Å². The molecule has 0 fully saturated rings. The molecule has 2 N–H and O–H groups in total. The Morgan fingerprint density at radius 3 is 2.81 bits per heavy atom. The number of anilines is 1. The van der Waals surface area contributed by atoms with Crippen molar-refractivity contribution in [3.05, 3.63) is 59.8 Å². The van der Waals surface area contributed by atoms with E-state index < -0.39 is 0 Å². The minimum Gasteiger partial charge on any atom is -0.455 e. The number of nitriles is 1. The van der Waals surface area contributed by atoms with Crippen molar-refractivity contribution in [2.24, 2.45) is 0 Å². The van der Waals surface area contributed by atoms with E-state index >= 15 is 0 Å². The molecule has 0 saturated heterocycles. The number of nitrogens with two attached hydrogens (primary N) is 1. The third kappa shape index (κ3) is 2.37. The molecule has 0 atom stereocenters. The molecule has 0 unspecified atom stereocenters. The summed E-state index contributed by atoms with van der Waals surface area (Å²) in [5.41, 5.74) is 9.02. The Morgan fingerprint density at radius 1 is 1.14 bits per heavy atom. The predicted octanol–water partition coefficient (Wildman–Crippen LogP) is 3.79. The Bertz CT molecular complexity index is 866. The number of aryl methyl sites for hydroxylation is 1. The fourth-order valence-electron chi connectivity index (χ4n) is 2.14. The van der Waals surface area contributed by atoms with Crippen LogP contribution in [0.15, 0.2) is 48.7 Å². The quantitative estimate of drug-likeness (QED) is 0.722. The molecule has 1 heterocycles. The zero-order valence-corrected chi connectivity index (χ0v) is 11.5. The van der Waals surface area contributed by atoms with Crippen LogP contribution in [0.3, 0.4) is 0 Å². The minimum atomic E-state index is 0.544. The zero-order valence-electron chi connectivity index (χ0n) is 11.5. The van der Waals surface area contributed by atoms with Crippen LogP contribution in [0.2, 0.25) is 0 Å². The molecule has 0 aliphatic heterocycles. The van der Waals surface area contributed by atoms with E-state index in [-0.39, 0.29) is 0 Å². The van der Waals surface area contributed by atoms with E-state index in [1.165, 1.54) is 0 Å². The van der Waals surface area contributed by atoms with Crippen LogP contribution in [0.1, 0.15) is 11.1 Å². The Labute approximate surface area is 122 Å². The van der Waals surface area contributed by atoms with Gasteiger partial charge < -0.3 is 10.5 Å². The largest absolute Gasteiger partial charge is 0.455 e. The molecule has 2 aromatic carbocycles. The Morgan fingerprint density at radius 2 is 2.00 bits per heavy atom. The van der Waals surface area contributed by atoms with Crippen LogP contribution in [0.5, 0.6) is 11.5 Å². The predicted molar refractivity (Wildman–Crippen MR) is 82.1 cm³/mol. The number of hydrogen-bond donors (Lipinski definition) is 1. The second-order valence-corrected chi connectivity index (χ2v) is 4.74. The van der Waals surface area contributed by atoms with Gasteiger partial charge in [-0.15, -0.1) is 0 Å². The lowest BCUT2D eigenvalue weighted by atomic mass is 10.1. The van der Waals surface area contributed by atoms with Crippen LogP contribution < -0.4 is 10.5 Å². The van der Waals surface area contributed by atoms with E-state index in [1.807, 2.05) is 31.2 Å². The number of fused-ring (bicyclic) bond motifs is 1. The number of ether oxygens (including phenoxy) is 1. The number of rotatable bonds is 2. The van der Waals surface area contributed by atoms with Gasteiger partial charge in [0.15, 0.2) is 5.75 Å². The highest BCUT2D eigenvalue weighted by Crippen LogP contribution is 2.34. The molecule has 0 bridgehead atoms. The summed E-state index contributed by atoms with van der Waals surface area (Å²) in [4.78, 5) is 4.26. The molecule has 0 amide bonds. The van der Waals surface area contributed by atoms with Crippen molar-refractivity contribution in [3.8, 4) is 17.6 Å². The standard InChI is InChI=1S/C17H13N3O/c1-11-4-5-12(10-18)9-16(11)21-15-7-6-14-13(17(15)19)3-2-8-20-14/h2-9H,19H2,1H3. The average molecular weight is 275 g/mol. The van der Waals surface area contributed by atoms with Crippen molar-refractivity contribution in [1.29, 1.82) is 5.26 Å². The van der Waals surface area contributed by atoms with E-state index in [9.17, 15) is 0 Å². The molecule has 3 aromatic rings. The lowest BCUT2D eigenvalue weighted by molar-refractivity contribution is 0.481. The fraction of sp³-hybridized carbons (Fsp3) is 0.0588. The minimum absolute atomic E-state index is 0.544. The van der Waals surface area contributed by atoms with Crippen molar-refractivity contribution < 1.29 is 4.74 Å². The van der Waals surface area contributed by atoms with Gasteiger partial charge in [0.25, 0.3) is 0 Å². The van der Waals surface area contributed by atoms with Gasteiger partial charge in [-0.05, 0) is 48.9 Å². The molecule has 4 nitrogen and oxygen atoms in total. The summed E-state index contributed by atoms with van der Waals surface area (Å²) in [6.45, 7) is 1.93. The van der Waals surface area contributed by atoms with Crippen LogP contribution in [0, 0.1) is 18.3 Å². The number of nitrogens with zero attached hydrogens (tertiary/aromatic N) is 2. The lowest BCUT2D eigenvalue weighted by Gasteiger charge is -2.12. The van der Waals surface area contributed by atoms with Crippen LogP contribution >= 0.6 is 0 Å². The van der Waals surface area contributed by atoms with Gasteiger partial charge in [-0.1, -0.05) is 6.07 Å². The molecular weight excluding hydrogens is 262 g/mol. The number of benzene rings is 2. The Balaban J connectivity index is 2.06. The van der Waals surface area contributed by atoms with E-state index in [2.05, 4.69) is 11.1 Å². The third-order valence-electron chi connectivity index (χ3n) is 3.32. The third-order valence-corrected chi connectivity index (χ3v) is 3.32. The van der Waals surface area contributed by atoms with Gasteiger partial charge in [0.1, 0.15) is 5.75 Å². The van der Waals surface area contributed by atoms with E-state index in [0.29, 0.717) is 22.7 Å². The summed E-state index contributed by atoms with van der Waals surface area (Å²) < 4.78 is 5.89. The monoisotopic (exact) mass is 275 g/mol. The second-order valence-electron chi connectivity index (χ2n) is 4.74. The van der Waals surface area contributed by atoms with Crippen LogP contribution in [0.25, 0.3) is 10.9 Å². The highest BCUT2D eigenvalue weighted by Gasteiger charge is 2.09. The average Bonchev–Trinajstić information content (AvgIpc) is 2.52. The molecule has 0 aliphatic carbocycles. The van der Waals surface area contributed by atoms with Gasteiger partial charge in [0.05, 0.1) is 22.8 Å².